The van der Waals surface area contributed by atoms with Crippen LogP contribution in [-0.2, 0) is 19.1 Å². The van der Waals surface area contributed by atoms with Gasteiger partial charge in [0.15, 0.2) is 0 Å². The van der Waals surface area contributed by atoms with Gasteiger partial charge in [-0.15, -0.1) is 0 Å². The maximum Gasteiger partial charge on any atom is 0.411 e. The smallest absolute Gasteiger partial charge is 0.411 e. The molecule has 0 aliphatic carbocycles. The van der Waals surface area contributed by atoms with Crippen LogP contribution in [0.25, 0.3) is 0 Å². The van der Waals surface area contributed by atoms with Crippen molar-refractivity contribution in [3.8, 4) is 5.75 Å². The van der Waals surface area contributed by atoms with Crippen LogP contribution in [0.2, 0.25) is 0 Å². The number of hydrogen-bond donors (Lipinski definition) is 1. The maximum absolute atomic E-state index is 13.0. The molecule has 150 valence electrons. The molecular formula is C19H28N2O6. The lowest BCUT2D eigenvalue weighted by Gasteiger charge is -2.32. The monoisotopic (exact) mass is 380 g/mol. The van der Waals surface area contributed by atoms with Crippen LogP contribution in [0, 0.1) is 0 Å². The molecule has 0 fully saturated rings. The first kappa shape index (κ1) is 22.3. The minimum Gasteiger partial charge on any atom is -0.497 e. The van der Waals surface area contributed by atoms with Crippen LogP contribution in [0.4, 0.5) is 4.79 Å². The number of nitrogens with zero attached hydrogens (tertiary/aromatic N) is 1. The van der Waals surface area contributed by atoms with Gasteiger partial charge < -0.3 is 19.5 Å². The fourth-order valence-corrected chi connectivity index (χ4v) is 2.37. The summed E-state index contributed by atoms with van der Waals surface area (Å²) in [5, 5.41) is 2.84. The lowest BCUT2D eigenvalue weighted by molar-refractivity contribution is -0.143. The molecule has 0 aromatic heterocycles. The van der Waals surface area contributed by atoms with Gasteiger partial charge in [0.1, 0.15) is 18.3 Å². The summed E-state index contributed by atoms with van der Waals surface area (Å²) < 4.78 is 14.9. The fourth-order valence-electron chi connectivity index (χ4n) is 2.37. The van der Waals surface area contributed by atoms with Crippen LogP contribution in [0.5, 0.6) is 5.75 Å². The summed E-state index contributed by atoms with van der Waals surface area (Å²) in [4.78, 5) is 38.4. The molecule has 2 amide bonds. The molecule has 1 aromatic carbocycles. The fraction of sp³-hybridized carbons (Fsp3) is 0.526. The average Bonchev–Trinajstić information content (AvgIpc) is 2.60. The van der Waals surface area contributed by atoms with Gasteiger partial charge in [-0.1, -0.05) is 12.1 Å². The summed E-state index contributed by atoms with van der Waals surface area (Å²) in [6.45, 7) is 6.79. The maximum atomic E-state index is 13.0. The largest absolute Gasteiger partial charge is 0.497 e. The first-order chi connectivity index (χ1) is 12.6. The highest BCUT2D eigenvalue weighted by Gasteiger charge is 2.35. The van der Waals surface area contributed by atoms with E-state index in [0.29, 0.717) is 11.3 Å². The van der Waals surface area contributed by atoms with E-state index in [-0.39, 0.29) is 6.61 Å². The minimum absolute atomic E-state index is 0.104. The molecule has 27 heavy (non-hydrogen) atoms. The Balaban J connectivity index is 3.37. The van der Waals surface area contributed by atoms with Gasteiger partial charge in [-0.25, -0.2) is 4.79 Å². The average molecular weight is 380 g/mol. The first-order valence-electron chi connectivity index (χ1n) is 8.59. The standard InChI is InChI=1S/C19H28N2O6/c1-7-27-18(24)21(12-15(22)26-6)16(17(23)20-19(2,3)4)13-8-10-14(25-5)11-9-13/h8-11,16H,7,12H2,1-6H3,(H,20,23). The van der Waals surface area contributed by atoms with Crippen LogP contribution < -0.4 is 10.1 Å². The van der Waals surface area contributed by atoms with E-state index in [1.165, 1.54) is 14.2 Å². The van der Waals surface area contributed by atoms with Crippen molar-refractivity contribution in [3.05, 3.63) is 29.8 Å². The molecule has 0 spiro atoms. The van der Waals surface area contributed by atoms with Gasteiger partial charge in [-0.05, 0) is 45.4 Å². The predicted molar refractivity (Wildman–Crippen MR) is 99.4 cm³/mol. The first-order valence-corrected chi connectivity index (χ1v) is 8.59. The van der Waals surface area contributed by atoms with Crippen molar-refractivity contribution in [2.45, 2.75) is 39.3 Å². The number of esters is 1. The van der Waals surface area contributed by atoms with Gasteiger partial charge in [0, 0.05) is 5.54 Å². The minimum atomic E-state index is -1.08. The number of amides is 2. The number of carbonyl (C=O) groups excluding carboxylic acids is 3. The Morgan fingerprint density at radius 2 is 1.70 bits per heavy atom. The van der Waals surface area contributed by atoms with Crippen molar-refractivity contribution in [2.75, 3.05) is 27.4 Å². The van der Waals surface area contributed by atoms with Crippen LogP contribution in [-0.4, -0.2) is 55.8 Å². The highest BCUT2D eigenvalue weighted by atomic mass is 16.6. The van der Waals surface area contributed by atoms with Crippen molar-refractivity contribution in [1.29, 1.82) is 0 Å². The highest BCUT2D eigenvalue weighted by molar-refractivity contribution is 5.89. The number of methoxy groups -OCH3 is 2. The number of rotatable bonds is 7. The second-order valence-electron chi connectivity index (χ2n) is 6.82. The van der Waals surface area contributed by atoms with Crippen molar-refractivity contribution in [3.63, 3.8) is 0 Å². The number of carbonyl (C=O) groups is 3. The normalized spacial score (nSPS) is 11.9. The number of ether oxygens (including phenoxy) is 3. The number of nitrogens with one attached hydrogen (secondary N) is 1. The van der Waals surface area contributed by atoms with E-state index in [0.717, 1.165) is 4.90 Å². The predicted octanol–water partition coefficient (Wildman–Crippen LogP) is 2.28. The summed E-state index contributed by atoms with van der Waals surface area (Å²) in [6, 6.07) is 5.60. The van der Waals surface area contributed by atoms with Crippen LogP contribution in [0.1, 0.15) is 39.3 Å². The summed E-state index contributed by atoms with van der Waals surface area (Å²) in [5.74, 6) is -0.501. The molecule has 1 aromatic rings. The zero-order valence-corrected chi connectivity index (χ0v) is 16.7. The van der Waals surface area contributed by atoms with Gasteiger partial charge in [-0.2, -0.15) is 0 Å². The Labute approximate surface area is 159 Å². The lowest BCUT2D eigenvalue weighted by Crippen LogP contribution is -2.50. The van der Waals surface area contributed by atoms with E-state index in [9.17, 15) is 14.4 Å². The van der Waals surface area contributed by atoms with Crippen molar-refractivity contribution >= 4 is 18.0 Å². The summed E-state index contributed by atoms with van der Waals surface area (Å²) >= 11 is 0. The zero-order chi connectivity index (χ0) is 20.6. The van der Waals surface area contributed by atoms with E-state index in [4.69, 9.17) is 9.47 Å². The molecule has 0 heterocycles. The van der Waals surface area contributed by atoms with Crippen LogP contribution in [0.15, 0.2) is 24.3 Å². The Bertz CT molecular complexity index is 651. The second-order valence-corrected chi connectivity index (χ2v) is 6.82. The molecule has 8 heteroatoms. The van der Waals surface area contributed by atoms with E-state index in [1.807, 2.05) is 20.8 Å². The molecule has 1 atom stereocenters. The highest BCUT2D eigenvalue weighted by Crippen LogP contribution is 2.25. The molecule has 0 saturated heterocycles. The lowest BCUT2D eigenvalue weighted by atomic mass is 10.0. The quantitative estimate of drug-likeness (QED) is 0.730. The van der Waals surface area contributed by atoms with Crippen LogP contribution in [0.3, 0.4) is 0 Å². The third-order valence-electron chi connectivity index (χ3n) is 3.52. The number of benzene rings is 1. The van der Waals surface area contributed by atoms with Gasteiger partial charge in [0.05, 0.1) is 20.8 Å². The Morgan fingerprint density at radius 1 is 1.11 bits per heavy atom. The van der Waals surface area contributed by atoms with Crippen molar-refractivity contribution < 1.29 is 28.6 Å². The Kier molecular flexibility index (Phi) is 8.08. The summed E-state index contributed by atoms with van der Waals surface area (Å²) in [5.41, 5.74) is -0.0255. The van der Waals surface area contributed by atoms with Gasteiger partial charge in [0.2, 0.25) is 5.91 Å². The van der Waals surface area contributed by atoms with Crippen LogP contribution >= 0.6 is 0 Å². The molecule has 0 saturated carbocycles. The molecule has 8 nitrogen and oxygen atoms in total. The van der Waals surface area contributed by atoms with Crippen molar-refractivity contribution in [1.82, 2.24) is 10.2 Å². The molecule has 0 aliphatic heterocycles. The van der Waals surface area contributed by atoms with E-state index in [2.05, 4.69) is 10.1 Å². The third-order valence-corrected chi connectivity index (χ3v) is 3.52. The molecule has 0 radical (unpaired) electrons. The molecule has 1 rings (SSSR count). The summed E-state index contributed by atoms with van der Waals surface area (Å²) in [6.07, 6.45) is -0.784. The zero-order valence-electron chi connectivity index (χ0n) is 16.7. The van der Waals surface area contributed by atoms with Gasteiger partial charge >= 0.3 is 12.1 Å². The Hall–Kier alpha value is -2.77. The Morgan fingerprint density at radius 3 is 2.15 bits per heavy atom. The number of hydrogen-bond acceptors (Lipinski definition) is 6. The second kappa shape index (κ2) is 9.80. The topological polar surface area (TPSA) is 94.2 Å². The molecule has 0 bridgehead atoms. The summed E-state index contributed by atoms with van der Waals surface area (Å²) in [7, 11) is 2.74. The molecular weight excluding hydrogens is 352 g/mol. The van der Waals surface area contributed by atoms with Gasteiger partial charge in [-0.3, -0.25) is 14.5 Å². The molecule has 0 aliphatic rings. The van der Waals surface area contributed by atoms with Gasteiger partial charge in [0.25, 0.3) is 0 Å². The van der Waals surface area contributed by atoms with Crippen molar-refractivity contribution in [2.24, 2.45) is 0 Å². The van der Waals surface area contributed by atoms with E-state index < -0.39 is 36.1 Å². The molecule has 1 N–H and O–H groups in total. The molecule has 1 unspecified atom stereocenters. The van der Waals surface area contributed by atoms with E-state index in [1.54, 1.807) is 31.2 Å². The van der Waals surface area contributed by atoms with E-state index >= 15 is 0 Å². The third kappa shape index (κ3) is 6.80. The SMILES string of the molecule is CCOC(=O)N(CC(=O)OC)C(C(=O)NC(C)(C)C)c1ccc(OC)cc1.